The van der Waals surface area contributed by atoms with E-state index in [0.717, 1.165) is 21.7 Å². The number of hydrogen-bond donors (Lipinski definition) is 5. The van der Waals surface area contributed by atoms with Crippen LogP contribution in [0.4, 0.5) is 5.69 Å². The Labute approximate surface area is 308 Å². The zero-order valence-corrected chi connectivity index (χ0v) is 32.3. The highest BCUT2D eigenvalue weighted by Crippen LogP contribution is 2.24. The van der Waals surface area contributed by atoms with Gasteiger partial charge in [0.15, 0.2) is 0 Å². The van der Waals surface area contributed by atoms with Crippen molar-refractivity contribution in [3.8, 4) is 0 Å². The van der Waals surface area contributed by atoms with E-state index in [1.54, 1.807) is 6.92 Å². The van der Waals surface area contributed by atoms with Crippen LogP contribution in [-0.4, -0.2) is 83.1 Å². The zero-order chi connectivity index (χ0) is 38.6. The first-order chi connectivity index (χ1) is 24.4. The van der Waals surface area contributed by atoms with Gasteiger partial charge >= 0.3 is 0 Å². The van der Waals surface area contributed by atoms with E-state index in [-0.39, 0.29) is 41.1 Å². The highest BCUT2D eigenvalue weighted by molar-refractivity contribution is 7.92. The van der Waals surface area contributed by atoms with Gasteiger partial charge in [0.05, 0.1) is 18.0 Å². The van der Waals surface area contributed by atoms with Gasteiger partial charge in [-0.2, -0.15) is 0 Å². The second-order valence-corrected chi connectivity index (χ2v) is 16.1. The Hall–Kier alpha value is -4.75. The molecule has 0 unspecified atom stereocenters. The van der Waals surface area contributed by atoms with Gasteiger partial charge in [0.2, 0.25) is 21.8 Å². The largest absolute Gasteiger partial charge is 0.355 e. The van der Waals surface area contributed by atoms with Gasteiger partial charge in [-0.25, -0.2) is 8.42 Å². The molecule has 0 aliphatic carbocycles. The first-order valence-electron chi connectivity index (χ1n) is 17.5. The number of carbonyl (C=O) groups is 4. The monoisotopic (exact) mass is 734 g/mol. The van der Waals surface area contributed by atoms with Crippen LogP contribution in [0.25, 0.3) is 0 Å². The molecule has 12 nitrogen and oxygen atoms in total. The number of rotatable bonds is 18. The molecule has 0 spiro atoms. The highest BCUT2D eigenvalue weighted by atomic mass is 32.2. The van der Waals surface area contributed by atoms with Crippen molar-refractivity contribution in [1.29, 1.82) is 0 Å². The molecule has 0 bridgehead atoms. The van der Waals surface area contributed by atoms with Crippen molar-refractivity contribution in [2.24, 2.45) is 5.92 Å². The summed E-state index contributed by atoms with van der Waals surface area (Å²) < 4.78 is 26.1. The molecule has 13 heteroatoms. The minimum absolute atomic E-state index is 0.0889. The Balaban J connectivity index is 1.86. The van der Waals surface area contributed by atoms with Crippen molar-refractivity contribution in [2.45, 2.75) is 71.5 Å². The topological polar surface area (TPSA) is 166 Å². The van der Waals surface area contributed by atoms with E-state index in [1.165, 1.54) is 25.2 Å². The third-order valence-electron chi connectivity index (χ3n) is 8.87. The van der Waals surface area contributed by atoms with Gasteiger partial charge in [-0.3, -0.25) is 23.5 Å². The summed E-state index contributed by atoms with van der Waals surface area (Å²) >= 11 is 0. The van der Waals surface area contributed by atoms with Crippen LogP contribution >= 0.6 is 0 Å². The fraction of sp³-hybridized carbons (Fsp3) is 0.436. The fourth-order valence-electron chi connectivity index (χ4n) is 5.49. The van der Waals surface area contributed by atoms with Gasteiger partial charge in [-0.15, -0.1) is 0 Å². The van der Waals surface area contributed by atoms with Gasteiger partial charge < -0.3 is 26.6 Å². The van der Waals surface area contributed by atoms with E-state index in [2.05, 4.69) is 26.6 Å². The van der Waals surface area contributed by atoms with E-state index in [0.29, 0.717) is 19.5 Å². The summed E-state index contributed by atoms with van der Waals surface area (Å²) in [6, 6.07) is 21.7. The molecule has 0 heterocycles. The number of hydrogen-bond acceptors (Lipinski definition) is 7. The first-order valence-corrected chi connectivity index (χ1v) is 19.4. The van der Waals surface area contributed by atoms with Gasteiger partial charge in [-0.05, 0) is 55.5 Å². The number of anilines is 1. The van der Waals surface area contributed by atoms with Gasteiger partial charge in [-0.1, -0.05) is 88.4 Å². The average Bonchev–Trinajstić information content (AvgIpc) is 3.11. The summed E-state index contributed by atoms with van der Waals surface area (Å²) in [5.74, 6) is -1.75. The molecule has 5 N–H and O–H groups in total. The van der Waals surface area contributed by atoms with Crippen LogP contribution in [0.1, 0.15) is 73.4 Å². The number of sulfonamides is 1. The average molecular weight is 735 g/mol. The van der Waals surface area contributed by atoms with E-state index in [1.807, 2.05) is 95.3 Å². The number of carbonyl (C=O) groups excluding carboxylic acids is 4. The summed E-state index contributed by atoms with van der Waals surface area (Å²) in [7, 11) is -2.37. The summed E-state index contributed by atoms with van der Waals surface area (Å²) in [6.45, 7) is 12.1. The fourth-order valence-corrected chi connectivity index (χ4v) is 5.98. The molecule has 0 fully saturated rings. The molecule has 0 saturated heterocycles. The van der Waals surface area contributed by atoms with Crippen LogP contribution in [0.5, 0.6) is 0 Å². The maximum atomic E-state index is 13.9. The van der Waals surface area contributed by atoms with Crippen LogP contribution in [0.2, 0.25) is 0 Å². The van der Waals surface area contributed by atoms with Gasteiger partial charge in [0.1, 0.15) is 6.04 Å². The minimum atomic E-state index is -3.73. The highest BCUT2D eigenvalue weighted by Gasteiger charge is 2.27. The molecule has 3 rings (SSSR count). The molecule has 3 aromatic carbocycles. The third-order valence-corrected chi connectivity index (χ3v) is 10.1. The van der Waals surface area contributed by atoms with Crippen LogP contribution in [0.15, 0.2) is 78.9 Å². The second-order valence-electron chi connectivity index (χ2n) is 14.0. The maximum absolute atomic E-state index is 13.9. The number of nitrogens with one attached hydrogen (secondary N) is 5. The van der Waals surface area contributed by atoms with Crippen molar-refractivity contribution in [1.82, 2.24) is 26.6 Å². The van der Waals surface area contributed by atoms with Crippen LogP contribution in [-0.2, 0) is 31.4 Å². The molecule has 0 saturated carbocycles. The molecule has 52 heavy (non-hydrogen) atoms. The molecule has 4 amide bonds. The number of amides is 4. The van der Waals surface area contributed by atoms with E-state index >= 15 is 0 Å². The predicted octanol–water partition coefficient (Wildman–Crippen LogP) is 3.39. The Morgan fingerprint density at radius 3 is 1.92 bits per heavy atom. The smallest absolute Gasteiger partial charge is 0.251 e. The SMILES string of the molecule is CCNC(=O)[C@@H](NC(=O)[C@H](C)NC[C@H](Cc1ccccc1)NC(=O)c1cc(C(=O)NCC(C)(C)c2ccccc2)cc(N(C)S(C)(=O)=O)c1)C(C)C. The van der Waals surface area contributed by atoms with Crippen molar-refractivity contribution in [2.75, 3.05) is 37.2 Å². The van der Waals surface area contributed by atoms with E-state index < -0.39 is 45.4 Å². The van der Waals surface area contributed by atoms with Crippen molar-refractivity contribution < 1.29 is 27.6 Å². The zero-order valence-electron chi connectivity index (χ0n) is 31.4. The Bertz CT molecular complexity index is 1780. The molecule has 3 atom stereocenters. The number of likely N-dealkylation sites (N-methyl/N-ethyl adjacent to an activating group) is 1. The Morgan fingerprint density at radius 1 is 0.788 bits per heavy atom. The van der Waals surface area contributed by atoms with Gasteiger partial charge in [0.25, 0.3) is 11.8 Å². The summed E-state index contributed by atoms with van der Waals surface area (Å²) in [4.78, 5) is 53.1. The lowest BCUT2D eigenvalue weighted by atomic mass is 9.84. The summed E-state index contributed by atoms with van der Waals surface area (Å²) in [5.41, 5.74) is 1.93. The quantitative estimate of drug-likeness (QED) is 0.134. The molecular weight excluding hydrogens is 681 g/mol. The normalized spacial score (nSPS) is 13.4. The second kappa shape index (κ2) is 18.7. The number of nitrogens with zero attached hydrogens (tertiary/aromatic N) is 1. The summed E-state index contributed by atoms with van der Waals surface area (Å²) in [5, 5.41) is 14.7. The lowest BCUT2D eigenvalue weighted by Gasteiger charge is -2.26. The molecule has 282 valence electrons. The van der Waals surface area contributed by atoms with Crippen molar-refractivity contribution in [3.63, 3.8) is 0 Å². The lowest BCUT2D eigenvalue weighted by Crippen LogP contribution is -2.55. The maximum Gasteiger partial charge on any atom is 0.251 e. The Kier molecular flexibility index (Phi) is 14.9. The standard InChI is InChI=1S/C39H54N6O6S/c1-9-40-38(49)34(26(2)3)44-35(46)27(4)41-24-32(20-28-16-12-10-13-17-28)43-37(48)30-21-29(22-33(23-30)45(7)52(8,50)51)36(47)42-25-39(5,6)31-18-14-11-15-19-31/h10-19,21-23,26-27,32,34,41H,9,20,24-25H2,1-8H3,(H,40,49)(H,42,47)(H,43,48)(H,44,46)/t27-,32-,34-/m0/s1. The first kappa shape index (κ1) is 41.7. The third kappa shape index (κ3) is 12.2. The molecule has 0 aliphatic heterocycles. The Morgan fingerprint density at radius 2 is 1.37 bits per heavy atom. The molecule has 0 radical (unpaired) electrons. The van der Waals surface area contributed by atoms with Crippen LogP contribution < -0.4 is 30.9 Å². The van der Waals surface area contributed by atoms with Crippen molar-refractivity contribution in [3.05, 3.63) is 101 Å². The molecular formula is C39H54N6O6S. The summed E-state index contributed by atoms with van der Waals surface area (Å²) in [6.07, 6.45) is 1.45. The van der Waals surface area contributed by atoms with Crippen molar-refractivity contribution >= 4 is 39.3 Å². The van der Waals surface area contributed by atoms with Crippen LogP contribution in [0, 0.1) is 5.92 Å². The van der Waals surface area contributed by atoms with Gasteiger partial charge in [0, 0.05) is 49.3 Å². The predicted molar refractivity (Wildman–Crippen MR) is 206 cm³/mol. The van der Waals surface area contributed by atoms with E-state index in [4.69, 9.17) is 0 Å². The number of benzene rings is 3. The van der Waals surface area contributed by atoms with Crippen LogP contribution in [0.3, 0.4) is 0 Å². The minimum Gasteiger partial charge on any atom is -0.355 e. The van der Waals surface area contributed by atoms with E-state index in [9.17, 15) is 27.6 Å². The molecule has 3 aromatic rings. The molecule has 0 aliphatic rings. The molecule has 0 aromatic heterocycles. The lowest BCUT2D eigenvalue weighted by molar-refractivity contribution is -0.130.